The van der Waals surface area contributed by atoms with Gasteiger partial charge in [-0.25, -0.2) is 9.37 Å². The summed E-state index contributed by atoms with van der Waals surface area (Å²) in [6, 6.07) is 18.4. The van der Waals surface area contributed by atoms with Crippen molar-refractivity contribution in [2.45, 2.75) is 79.8 Å². The van der Waals surface area contributed by atoms with Crippen molar-refractivity contribution in [2.75, 3.05) is 37.7 Å². The third-order valence-corrected chi connectivity index (χ3v) is 14.1. The van der Waals surface area contributed by atoms with Crippen LogP contribution in [0.4, 0.5) is 10.2 Å². The van der Waals surface area contributed by atoms with E-state index < -0.39 is 15.8 Å². The van der Waals surface area contributed by atoms with Crippen molar-refractivity contribution in [2.24, 2.45) is 0 Å². The topological polar surface area (TPSA) is 140 Å². The van der Waals surface area contributed by atoms with Crippen LogP contribution in [-0.2, 0) is 10.0 Å². The highest BCUT2D eigenvalue weighted by atomic mass is 32.2. The summed E-state index contributed by atoms with van der Waals surface area (Å²) in [5, 5.41) is 10.1. The van der Waals surface area contributed by atoms with Crippen molar-refractivity contribution >= 4 is 37.5 Å². The molecule has 4 saturated heterocycles. The van der Waals surface area contributed by atoms with Crippen LogP contribution >= 0.6 is 0 Å². The Hall–Kier alpha value is -5.25. The number of hydrogen-bond donors (Lipinski definition) is 1. The summed E-state index contributed by atoms with van der Waals surface area (Å²) in [4.78, 5) is 23.5. The Labute approximate surface area is 329 Å². The summed E-state index contributed by atoms with van der Waals surface area (Å²) < 4.78 is 57.6. The lowest BCUT2D eigenvalue weighted by molar-refractivity contribution is 0.108. The second-order valence-electron chi connectivity index (χ2n) is 16.3. The van der Waals surface area contributed by atoms with Gasteiger partial charge >= 0.3 is 6.01 Å². The average molecular weight is 788 g/mol. The van der Waals surface area contributed by atoms with Gasteiger partial charge in [0.15, 0.2) is 11.6 Å². The van der Waals surface area contributed by atoms with E-state index in [1.54, 1.807) is 24.4 Å². The number of ether oxygens (including phenoxy) is 2. The highest BCUT2D eigenvalue weighted by molar-refractivity contribution is 7.89. The van der Waals surface area contributed by atoms with Crippen LogP contribution in [0, 0.1) is 5.82 Å². The highest BCUT2D eigenvalue weighted by Crippen LogP contribution is 2.42. The van der Waals surface area contributed by atoms with Crippen molar-refractivity contribution < 1.29 is 22.3 Å². The van der Waals surface area contributed by atoms with E-state index in [1.165, 1.54) is 18.5 Å². The van der Waals surface area contributed by atoms with Crippen LogP contribution in [0.15, 0.2) is 78.1 Å². The first-order valence-corrected chi connectivity index (χ1v) is 21.5. The molecule has 2 atom stereocenters. The summed E-state index contributed by atoms with van der Waals surface area (Å²) in [5.41, 5.74) is 0.825. The molecule has 4 aliphatic heterocycles. The molecule has 0 amide bonds. The minimum absolute atomic E-state index is 0.0145. The van der Waals surface area contributed by atoms with E-state index in [0.29, 0.717) is 52.8 Å². The van der Waals surface area contributed by atoms with Crippen LogP contribution in [0.2, 0.25) is 0 Å². The lowest BCUT2D eigenvalue weighted by Crippen LogP contribution is -2.51. The van der Waals surface area contributed by atoms with Crippen molar-refractivity contribution in [3.05, 3.63) is 84.8 Å². The maximum absolute atomic E-state index is 17.3. The van der Waals surface area contributed by atoms with Gasteiger partial charge in [-0.05, 0) is 112 Å². The fraction of sp³-hybridized carbons (Fsp3) is 0.405. The molecule has 15 heteroatoms. The van der Waals surface area contributed by atoms with Gasteiger partial charge in [-0.3, -0.25) is 9.88 Å². The number of aromatic nitrogens is 6. The number of hydrogen-bond acceptors (Lipinski definition) is 12. The molecule has 7 heterocycles. The molecule has 292 valence electrons. The van der Waals surface area contributed by atoms with Crippen molar-refractivity contribution in [3.8, 4) is 28.8 Å². The Balaban J connectivity index is 0.948. The van der Waals surface area contributed by atoms with Gasteiger partial charge in [0.2, 0.25) is 0 Å². The molecular weight excluding hydrogens is 746 g/mol. The maximum Gasteiger partial charge on any atom is 0.319 e. The minimum atomic E-state index is -3.93. The molecule has 11 rings (SSSR count). The maximum atomic E-state index is 17.3. The van der Waals surface area contributed by atoms with Crippen LogP contribution in [0.25, 0.3) is 32.9 Å². The molecule has 2 bridgehead atoms. The number of anilines is 1. The number of pyridine rings is 1. The molecule has 3 aromatic heterocycles. The number of halogens is 1. The van der Waals surface area contributed by atoms with Gasteiger partial charge in [-0.15, -0.1) is 9.19 Å². The van der Waals surface area contributed by atoms with Gasteiger partial charge in [-0.2, -0.15) is 18.4 Å². The van der Waals surface area contributed by atoms with E-state index in [0.717, 1.165) is 92.4 Å². The van der Waals surface area contributed by atoms with Crippen LogP contribution in [0.5, 0.6) is 17.5 Å². The van der Waals surface area contributed by atoms with E-state index in [4.69, 9.17) is 24.4 Å². The Morgan fingerprint density at radius 2 is 1.65 bits per heavy atom. The predicted octanol–water partition coefficient (Wildman–Crippen LogP) is 6.43. The summed E-state index contributed by atoms with van der Waals surface area (Å²) in [6.07, 6.45) is 11.5. The summed E-state index contributed by atoms with van der Waals surface area (Å²) >= 11 is 0. The lowest BCUT2D eigenvalue weighted by atomic mass is 9.95. The second kappa shape index (κ2) is 13.4. The monoisotopic (exact) mass is 787 g/mol. The zero-order valence-corrected chi connectivity index (χ0v) is 32.2. The number of piperazine rings is 1. The predicted molar refractivity (Wildman–Crippen MR) is 212 cm³/mol. The van der Waals surface area contributed by atoms with Gasteiger partial charge in [0, 0.05) is 42.9 Å². The first kappa shape index (κ1) is 35.0. The van der Waals surface area contributed by atoms with E-state index in [-0.39, 0.29) is 33.6 Å². The average Bonchev–Trinajstić information content (AvgIpc) is 3.49. The standard InChI is InChI=1S/C42H42FN9O4S/c43-36-37(44-21-35-38(36)47-41(55-24-42-15-3-17-51(42)18-4-16-42)48-40(35)50-22-28-9-10-29(23-50)46-28)34-20-31(19-27-5-1-2-6-33(27)34)56-30-11-13-32(14-12-30)57(53,54)52-25-45-39(49-52)26-7-8-26/h1-2,5-6,11-14,19-21,25-26,28-29,46H,3-4,7-10,15-18,22-24H2. The molecule has 57 heavy (non-hydrogen) atoms. The first-order chi connectivity index (χ1) is 27.8. The largest absolute Gasteiger partial charge is 0.461 e. The summed E-state index contributed by atoms with van der Waals surface area (Å²) in [7, 11) is -3.93. The molecule has 0 spiro atoms. The molecule has 13 nitrogen and oxygen atoms in total. The Bertz CT molecular complexity index is 2630. The molecular formula is C42H42FN9O4S. The molecule has 0 radical (unpaired) electrons. The zero-order valence-electron chi connectivity index (χ0n) is 31.3. The van der Waals surface area contributed by atoms with E-state index in [1.807, 2.05) is 30.3 Å². The molecule has 5 aliphatic rings. The van der Waals surface area contributed by atoms with Crippen LogP contribution in [0.3, 0.4) is 0 Å². The molecule has 1 N–H and O–H groups in total. The fourth-order valence-electron chi connectivity index (χ4n) is 9.51. The normalized spacial score (nSPS) is 21.7. The number of benzene rings is 3. The fourth-order valence-corrected chi connectivity index (χ4v) is 10.6. The summed E-state index contributed by atoms with van der Waals surface area (Å²) in [6.45, 7) is 4.16. The van der Waals surface area contributed by atoms with E-state index >= 15 is 4.39 Å². The quantitative estimate of drug-likeness (QED) is 0.164. The van der Waals surface area contributed by atoms with Gasteiger partial charge < -0.3 is 19.7 Å². The number of nitrogens with one attached hydrogen (secondary N) is 1. The van der Waals surface area contributed by atoms with Crippen LogP contribution < -0.4 is 19.7 Å². The highest BCUT2D eigenvalue weighted by Gasteiger charge is 2.45. The third-order valence-electron chi connectivity index (χ3n) is 12.6. The molecule has 5 fully saturated rings. The lowest BCUT2D eigenvalue weighted by Gasteiger charge is -2.34. The van der Waals surface area contributed by atoms with E-state index in [9.17, 15) is 8.42 Å². The van der Waals surface area contributed by atoms with Gasteiger partial charge in [0.1, 0.15) is 41.5 Å². The molecule has 2 unspecified atom stereocenters. The smallest absolute Gasteiger partial charge is 0.319 e. The first-order valence-electron chi connectivity index (χ1n) is 20.0. The number of fused-ring (bicyclic) bond motifs is 5. The third kappa shape index (κ3) is 6.18. The molecule has 6 aromatic rings. The molecule has 1 saturated carbocycles. The molecule has 1 aliphatic carbocycles. The minimum Gasteiger partial charge on any atom is -0.461 e. The van der Waals surface area contributed by atoms with Gasteiger partial charge in [0.25, 0.3) is 10.0 Å². The van der Waals surface area contributed by atoms with Crippen LogP contribution in [0.1, 0.15) is 63.1 Å². The van der Waals surface area contributed by atoms with Crippen molar-refractivity contribution in [1.82, 2.24) is 39.3 Å². The Morgan fingerprint density at radius 3 is 2.42 bits per heavy atom. The number of rotatable bonds is 10. The second-order valence-corrected chi connectivity index (χ2v) is 18.1. The zero-order chi connectivity index (χ0) is 38.3. The molecule has 3 aromatic carbocycles. The van der Waals surface area contributed by atoms with Crippen LogP contribution in [-0.4, -0.2) is 92.8 Å². The SMILES string of the molecule is O=S(=O)(c1ccc(Oc2cc(-c3ncc4c(N5CC6CCC(C5)N6)nc(OCC56CCCN5CCC6)nc4c3F)c3ccccc3c2)cc1)n1cnc(C2CC2)n1. The van der Waals surface area contributed by atoms with Gasteiger partial charge in [0.05, 0.1) is 15.8 Å². The Morgan fingerprint density at radius 1 is 0.877 bits per heavy atom. The van der Waals surface area contributed by atoms with Gasteiger partial charge in [-0.1, -0.05) is 24.3 Å². The van der Waals surface area contributed by atoms with E-state index in [2.05, 4.69) is 25.2 Å². The summed E-state index contributed by atoms with van der Waals surface area (Å²) in [5.74, 6) is 1.72. The number of nitrogens with zero attached hydrogens (tertiary/aromatic N) is 8. The van der Waals surface area contributed by atoms with Crippen molar-refractivity contribution in [3.63, 3.8) is 0 Å². The Kier molecular flexibility index (Phi) is 8.23. The van der Waals surface area contributed by atoms with Crippen molar-refractivity contribution in [1.29, 1.82) is 0 Å².